The molecule has 0 amide bonds. The Labute approximate surface area is 103 Å². The first kappa shape index (κ1) is 12.2. The van der Waals surface area contributed by atoms with Crippen molar-refractivity contribution in [3.05, 3.63) is 24.3 Å². The Bertz CT molecular complexity index is 337. The first-order valence-electron chi connectivity index (χ1n) is 6.44. The van der Waals surface area contributed by atoms with Crippen molar-refractivity contribution in [3.63, 3.8) is 0 Å². The van der Waals surface area contributed by atoms with Gasteiger partial charge in [0.1, 0.15) is 5.75 Å². The molecular formula is C14H22N2O. The smallest absolute Gasteiger partial charge is 0.119 e. The summed E-state index contributed by atoms with van der Waals surface area (Å²) in [5, 5.41) is 3.60. The number of hydrogen-bond acceptors (Lipinski definition) is 3. The predicted octanol–water partition coefficient (Wildman–Crippen LogP) is 2.62. The van der Waals surface area contributed by atoms with Gasteiger partial charge in [0, 0.05) is 11.7 Å². The summed E-state index contributed by atoms with van der Waals surface area (Å²) in [6.45, 7) is 0.786. The lowest BCUT2D eigenvalue weighted by Gasteiger charge is -2.32. The molecule has 1 saturated carbocycles. The van der Waals surface area contributed by atoms with Crippen molar-refractivity contribution in [1.29, 1.82) is 0 Å². The average Bonchev–Trinajstić information content (AvgIpc) is 2.40. The molecule has 1 aliphatic carbocycles. The fourth-order valence-electron chi connectivity index (χ4n) is 2.58. The maximum Gasteiger partial charge on any atom is 0.119 e. The van der Waals surface area contributed by atoms with Crippen molar-refractivity contribution >= 4 is 5.69 Å². The molecule has 2 atom stereocenters. The molecule has 2 unspecified atom stereocenters. The van der Waals surface area contributed by atoms with Crippen LogP contribution in [-0.2, 0) is 0 Å². The van der Waals surface area contributed by atoms with Gasteiger partial charge in [-0.2, -0.15) is 0 Å². The van der Waals surface area contributed by atoms with E-state index in [1.165, 1.54) is 25.7 Å². The second-order valence-corrected chi connectivity index (χ2v) is 4.76. The molecule has 94 valence electrons. The lowest BCUT2D eigenvalue weighted by Crippen LogP contribution is -2.36. The van der Waals surface area contributed by atoms with Gasteiger partial charge in [0.05, 0.1) is 7.11 Å². The van der Waals surface area contributed by atoms with Gasteiger partial charge in [-0.05, 0) is 49.6 Å². The summed E-state index contributed by atoms with van der Waals surface area (Å²) in [7, 11) is 1.69. The number of nitrogens with one attached hydrogen (secondary N) is 1. The molecule has 0 radical (unpaired) electrons. The largest absolute Gasteiger partial charge is 0.497 e. The summed E-state index contributed by atoms with van der Waals surface area (Å²) < 4.78 is 5.15. The molecule has 1 aromatic carbocycles. The normalized spacial score (nSPS) is 24.4. The molecule has 0 aromatic heterocycles. The van der Waals surface area contributed by atoms with E-state index >= 15 is 0 Å². The van der Waals surface area contributed by atoms with Gasteiger partial charge in [-0.1, -0.05) is 12.8 Å². The fraction of sp³-hybridized carbons (Fsp3) is 0.571. The molecule has 2 rings (SSSR count). The number of anilines is 1. The highest BCUT2D eigenvalue weighted by Crippen LogP contribution is 2.27. The average molecular weight is 234 g/mol. The molecule has 0 saturated heterocycles. The zero-order valence-corrected chi connectivity index (χ0v) is 10.5. The number of rotatable bonds is 4. The molecule has 0 heterocycles. The minimum atomic E-state index is 0.530. The third-order valence-corrected chi connectivity index (χ3v) is 3.65. The summed E-state index contributed by atoms with van der Waals surface area (Å²) in [6, 6.07) is 8.65. The van der Waals surface area contributed by atoms with Gasteiger partial charge in [-0.15, -0.1) is 0 Å². The predicted molar refractivity (Wildman–Crippen MR) is 71.4 cm³/mol. The number of benzene rings is 1. The van der Waals surface area contributed by atoms with Crippen molar-refractivity contribution in [2.75, 3.05) is 19.0 Å². The fourth-order valence-corrected chi connectivity index (χ4v) is 2.58. The third-order valence-electron chi connectivity index (χ3n) is 3.65. The standard InChI is InChI=1S/C14H22N2O/c1-17-13-8-6-12(7-9-13)16-14-5-3-2-4-11(14)10-15/h6-9,11,14,16H,2-5,10,15H2,1H3. The lowest BCUT2D eigenvalue weighted by molar-refractivity contribution is 0.332. The summed E-state index contributed by atoms with van der Waals surface area (Å²) in [4.78, 5) is 0. The molecule has 17 heavy (non-hydrogen) atoms. The maximum absolute atomic E-state index is 5.83. The van der Waals surface area contributed by atoms with Crippen LogP contribution in [-0.4, -0.2) is 19.7 Å². The second kappa shape index (κ2) is 5.92. The molecule has 1 fully saturated rings. The minimum Gasteiger partial charge on any atom is -0.497 e. The van der Waals surface area contributed by atoms with E-state index in [1.807, 2.05) is 12.1 Å². The van der Waals surface area contributed by atoms with Gasteiger partial charge in [0.25, 0.3) is 0 Å². The van der Waals surface area contributed by atoms with E-state index in [2.05, 4.69) is 17.4 Å². The zero-order valence-electron chi connectivity index (χ0n) is 10.5. The van der Waals surface area contributed by atoms with E-state index in [0.29, 0.717) is 12.0 Å². The summed E-state index contributed by atoms with van der Waals surface area (Å²) in [6.07, 6.45) is 5.12. The number of ether oxygens (including phenoxy) is 1. The highest BCUT2D eigenvalue weighted by atomic mass is 16.5. The topological polar surface area (TPSA) is 47.3 Å². The molecule has 3 heteroatoms. The van der Waals surface area contributed by atoms with Crippen LogP contribution in [0.4, 0.5) is 5.69 Å². The molecule has 3 nitrogen and oxygen atoms in total. The van der Waals surface area contributed by atoms with E-state index in [0.717, 1.165) is 18.0 Å². The Hall–Kier alpha value is -1.22. The summed E-state index contributed by atoms with van der Waals surface area (Å²) in [5.41, 5.74) is 7.00. The Morgan fingerprint density at radius 2 is 1.94 bits per heavy atom. The van der Waals surface area contributed by atoms with Crippen LogP contribution in [0.5, 0.6) is 5.75 Å². The molecule has 1 aromatic rings. The lowest BCUT2D eigenvalue weighted by atomic mass is 9.84. The quantitative estimate of drug-likeness (QED) is 0.842. The minimum absolute atomic E-state index is 0.530. The van der Waals surface area contributed by atoms with Gasteiger partial charge < -0.3 is 15.8 Å². The summed E-state index contributed by atoms with van der Waals surface area (Å²) in [5.74, 6) is 1.51. The Morgan fingerprint density at radius 1 is 1.24 bits per heavy atom. The van der Waals surface area contributed by atoms with E-state index in [1.54, 1.807) is 7.11 Å². The summed E-state index contributed by atoms with van der Waals surface area (Å²) >= 11 is 0. The SMILES string of the molecule is COc1ccc(NC2CCCCC2CN)cc1. The van der Waals surface area contributed by atoms with Gasteiger partial charge in [-0.25, -0.2) is 0 Å². The number of methoxy groups -OCH3 is 1. The number of nitrogens with two attached hydrogens (primary N) is 1. The van der Waals surface area contributed by atoms with Crippen LogP contribution in [0, 0.1) is 5.92 Å². The zero-order chi connectivity index (χ0) is 12.1. The van der Waals surface area contributed by atoms with E-state index < -0.39 is 0 Å². The van der Waals surface area contributed by atoms with E-state index in [9.17, 15) is 0 Å². The van der Waals surface area contributed by atoms with Crippen molar-refractivity contribution < 1.29 is 4.74 Å². The molecule has 1 aliphatic rings. The third kappa shape index (κ3) is 3.13. The van der Waals surface area contributed by atoms with Crippen molar-refractivity contribution in [2.45, 2.75) is 31.7 Å². The highest BCUT2D eigenvalue weighted by molar-refractivity contribution is 5.47. The van der Waals surface area contributed by atoms with E-state index in [4.69, 9.17) is 10.5 Å². The Morgan fingerprint density at radius 3 is 2.59 bits per heavy atom. The van der Waals surface area contributed by atoms with Gasteiger partial charge in [0.2, 0.25) is 0 Å². The molecule has 0 aliphatic heterocycles. The van der Waals surface area contributed by atoms with Crippen molar-refractivity contribution in [3.8, 4) is 5.75 Å². The van der Waals surface area contributed by atoms with E-state index in [-0.39, 0.29) is 0 Å². The second-order valence-electron chi connectivity index (χ2n) is 4.76. The maximum atomic E-state index is 5.83. The first-order chi connectivity index (χ1) is 8.33. The van der Waals surface area contributed by atoms with Crippen molar-refractivity contribution in [2.24, 2.45) is 11.7 Å². The Balaban J connectivity index is 1.98. The molecular weight excluding hydrogens is 212 g/mol. The van der Waals surface area contributed by atoms with Crippen molar-refractivity contribution in [1.82, 2.24) is 0 Å². The van der Waals surface area contributed by atoms with Crippen LogP contribution in [0.3, 0.4) is 0 Å². The van der Waals surface area contributed by atoms with Crippen LogP contribution in [0.1, 0.15) is 25.7 Å². The molecule has 0 spiro atoms. The Kier molecular flexibility index (Phi) is 4.26. The van der Waals surface area contributed by atoms with Crippen LogP contribution in [0.2, 0.25) is 0 Å². The van der Waals surface area contributed by atoms with Crippen LogP contribution < -0.4 is 15.8 Å². The van der Waals surface area contributed by atoms with Crippen LogP contribution in [0.15, 0.2) is 24.3 Å². The van der Waals surface area contributed by atoms with Crippen LogP contribution >= 0.6 is 0 Å². The monoisotopic (exact) mass is 234 g/mol. The van der Waals surface area contributed by atoms with Gasteiger partial charge in [-0.3, -0.25) is 0 Å². The molecule has 3 N–H and O–H groups in total. The van der Waals surface area contributed by atoms with Gasteiger partial charge >= 0.3 is 0 Å². The van der Waals surface area contributed by atoms with Crippen LogP contribution in [0.25, 0.3) is 0 Å². The molecule has 0 bridgehead atoms. The first-order valence-corrected chi connectivity index (χ1v) is 6.44. The highest BCUT2D eigenvalue weighted by Gasteiger charge is 2.23. The number of hydrogen-bond donors (Lipinski definition) is 2. The van der Waals surface area contributed by atoms with Gasteiger partial charge in [0.15, 0.2) is 0 Å².